The number of nitrogens with zero attached hydrogens (tertiary/aromatic N) is 2. The molecule has 1 saturated heterocycles. The average molecular weight is 1090 g/mol. The molecule has 0 saturated carbocycles. The summed E-state index contributed by atoms with van der Waals surface area (Å²) in [6, 6.07) is 1.24. The number of aliphatic hydroxyl groups is 3. The molecule has 1 aromatic rings. The third kappa shape index (κ3) is 33.2. The first-order valence-electron chi connectivity index (χ1n) is 26.0. The van der Waals surface area contributed by atoms with Gasteiger partial charge in [0.15, 0.2) is 12.3 Å². The standard InChI is InChI=1S/C54H83N3O16P2/c1-3-5-7-8-9-10-11-12-13-14-15-16-17-18-22-25-28-31-34-38-49(59)68-42-46(71-50(60)39-35-32-29-26-23-20-19-21-24-27-30-33-37-45(58)36-6-4-2)43-69-74(64,65)73-75(66,67)70-44-47-51(61)52(62)53(72-47)57-41-40-48(55)56-54(57)63/h5,7,9-10,12-13,15-16,18-20,22,24,26-27,29,33,37,40-41,45-47,51-53,58,61-62H,3-4,6,8,11,14,17,21,23,25,28,30-32,34-36,38-39,42-44H2,1-2H3,(H,64,65)(H,66,67)(H2,55,56,63)/b7-5-,10-9-,13-12-,16-15-,20-19-,22-18-,27-24-,29-26-,37-33-/t45-,46-,47-,51-,52-,53-/m1/s1. The summed E-state index contributed by atoms with van der Waals surface area (Å²) in [5.41, 5.74) is 4.57. The minimum Gasteiger partial charge on any atom is -0.462 e. The number of phosphoric acid groups is 2. The van der Waals surface area contributed by atoms with Crippen molar-refractivity contribution in [3.63, 3.8) is 0 Å². The lowest BCUT2D eigenvalue weighted by Gasteiger charge is -2.21. The Bertz CT molecular complexity index is 2200. The Balaban J connectivity index is 1.85. The number of aromatic nitrogens is 2. The minimum atomic E-state index is -5.46. The van der Waals surface area contributed by atoms with E-state index in [-0.39, 0.29) is 18.7 Å². The first-order valence-corrected chi connectivity index (χ1v) is 29.0. The third-order valence-corrected chi connectivity index (χ3v) is 13.5. The molecule has 0 aliphatic carbocycles. The van der Waals surface area contributed by atoms with Gasteiger partial charge >= 0.3 is 33.3 Å². The molecule has 1 aliphatic heterocycles. The molecule has 420 valence electrons. The van der Waals surface area contributed by atoms with Crippen LogP contribution in [0.3, 0.4) is 0 Å². The van der Waals surface area contributed by atoms with Gasteiger partial charge in [-0.05, 0) is 96.0 Å². The average Bonchev–Trinajstić information content (AvgIpc) is 3.65. The third-order valence-electron chi connectivity index (χ3n) is 10.9. The molecule has 0 radical (unpaired) electrons. The molecule has 2 rings (SSSR count). The molecule has 0 amide bonds. The number of hydrogen-bond donors (Lipinski definition) is 6. The van der Waals surface area contributed by atoms with E-state index in [1.54, 1.807) is 0 Å². The maximum atomic E-state index is 12.9. The lowest BCUT2D eigenvalue weighted by molar-refractivity contribution is -0.161. The van der Waals surface area contributed by atoms with Gasteiger partial charge in [0, 0.05) is 19.0 Å². The van der Waals surface area contributed by atoms with Crippen molar-refractivity contribution in [1.29, 1.82) is 0 Å². The maximum absolute atomic E-state index is 12.9. The first kappa shape index (κ1) is 66.5. The van der Waals surface area contributed by atoms with Crippen molar-refractivity contribution in [2.75, 3.05) is 25.6 Å². The fourth-order valence-electron chi connectivity index (χ4n) is 6.88. The van der Waals surface area contributed by atoms with Gasteiger partial charge in [-0.3, -0.25) is 23.2 Å². The van der Waals surface area contributed by atoms with Crippen LogP contribution in [0.2, 0.25) is 0 Å². The molecule has 21 heteroatoms. The van der Waals surface area contributed by atoms with Gasteiger partial charge in [0.25, 0.3) is 0 Å². The van der Waals surface area contributed by atoms with Crippen LogP contribution in [-0.2, 0) is 46.3 Å². The van der Waals surface area contributed by atoms with Crippen molar-refractivity contribution in [1.82, 2.24) is 9.55 Å². The monoisotopic (exact) mass is 1090 g/mol. The van der Waals surface area contributed by atoms with Crippen LogP contribution in [0.15, 0.2) is 126 Å². The zero-order chi connectivity index (χ0) is 55.0. The highest BCUT2D eigenvalue weighted by Crippen LogP contribution is 2.60. The molecule has 0 spiro atoms. The number of nitrogens with two attached hydrogens (primary N) is 1. The number of carbonyl (C=O) groups is 2. The number of esters is 2. The number of unbranched alkanes of at least 4 members (excludes halogenated alkanes) is 5. The molecular weight excluding hydrogens is 1010 g/mol. The molecule has 1 fully saturated rings. The van der Waals surface area contributed by atoms with E-state index in [1.807, 2.05) is 48.6 Å². The van der Waals surface area contributed by atoms with Gasteiger partial charge in [0.1, 0.15) is 30.7 Å². The van der Waals surface area contributed by atoms with Gasteiger partial charge in [-0.1, -0.05) is 142 Å². The summed E-state index contributed by atoms with van der Waals surface area (Å²) in [6.07, 6.45) is 43.6. The number of aliphatic hydroxyl groups excluding tert-OH is 3. The number of hydrogen-bond acceptors (Lipinski definition) is 16. The van der Waals surface area contributed by atoms with Gasteiger partial charge in [-0.25, -0.2) is 13.9 Å². The second kappa shape index (κ2) is 40.6. The summed E-state index contributed by atoms with van der Waals surface area (Å²) in [5.74, 6) is -1.44. The van der Waals surface area contributed by atoms with Crippen LogP contribution < -0.4 is 11.4 Å². The van der Waals surface area contributed by atoms with Crippen molar-refractivity contribution in [2.45, 2.75) is 173 Å². The van der Waals surface area contributed by atoms with Crippen LogP contribution in [0.25, 0.3) is 0 Å². The van der Waals surface area contributed by atoms with E-state index in [1.165, 1.54) is 6.07 Å². The van der Waals surface area contributed by atoms with Crippen LogP contribution in [0, 0.1) is 0 Å². The molecule has 19 nitrogen and oxygen atoms in total. The van der Waals surface area contributed by atoms with E-state index < -0.39 is 89.8 Å². The summed E-state index contributed by atoms with van der Waals surface area (Å²) >= 11 is 0. The number of anilines is 1. The first-order chi connectivity index (χ1) is 36.1. The summed E-state index contributed by atoms with van der Waals surface area (Å²) in [4.78, 5) is 61.9. The van der Waals surface area contributed by atoms with E-state index in [2.05, 4.69) is 83.9 Å². The van der Waals surface area contributed by atoms with Crippen molar-refractivity contribution in [2.24, 2.45) is 0 Å². The lowest BCUT2D eigenvalue weighted by Crippen LogP contribution is -2.36. The second-order valence-electron chi connectivity index (χ2n) is 17.5. The lowest BCUT2D eigenvalue weighted by atomic mass is 10.1. The molecule has 8 atom stereocenters. The quantitative estimate of drug-likeness (QED) is 0.0154. The molecule has 1 aliphatic rings. The number of rotatable bonds is 41. The van der Waals surface area contributed by atoms with Crippen molar-refractivity contribution >= 4 is 33.4 Å². The number of ether oxygens (including phenoxy) is 3. The van der Waals surface area contributed by atoms with Crippen LogP contribution in [-0.4, -0.2) is 96.9 Å². The predicted molar refractivity (Wildman–Crippen MR) is 290 cm³/mol. The molecule has 7 N–H and O–H groups in total. The fraction of sp³-hybridized carbons (Fsp3) is 0.556. The smallest absolute Gasteiger partial charge is 0.462 e. The Labute approximate surface area is 443 Å². The molecule has 0 bridgehead atoms. The number of allylic oxidation sites excluding steroid dienone is 17. The van der Waals surface area contributed by atoms with E-state index >= 15 is 0 Å². The van der Waals surface area contributed by atoms with Crippen LogP contribution in [0.1, 0.15) is 142 Å². The Morgan fingerprint density at radius 1 is 0.707 bits per heavy atom. The number of nitrogen functional groups attached to an aromatic ring is 1. The van der Waals surface area contributed by atoms with Crippen LogP contribution >= 0.6 is 15.6 Å². The second-order valence-corrected chi connectivity index (χ2v) is 20.5. The minimum absolute atomic E-state index is 0.0571. The molecular formula is C54H83N3O16P2. The normalized spacial score (nSPS) is 20.1. The number of phosphoric ester groups is 2. The molecule has 75 heavy (non-hydrogen) atoms. The van der Waals surface area contributed by atoms with Gasteiger partial charge in [0.2, 0.25) is 0 Å². The highest BCUT2D eigenvalue weighted by molar-refractivity contribution is 7.61. The fourth-order valence-corrected chi connectivity index (χ4v) is 8.99. The predicted octanol–water partition coefficient (Wildman–Crippen LogP) is 9.97. The highest BCUT2D eigenvalue weighted by Gasteiger charge is 2.46. The maximum Gasteiger partial charge on any atom is 0.481 e. The SMILES string of the molecule is CC/C=C\C/C=C\C/C=C\C/C=C\C/C=C\CCCCCC(=O)OC[C@H](COP(=O)(O)OP(=O)(O)OC[C@H]1O[C@@H](n2ccc(N)nc2=O)[C@H](O)[C@@H]1O)OC(=O)CCC/C=C\C/C=C\C/C=C\C/C=C\[C@H](O)CCCC. The number of carbonyl (C=O) groups excluding carboxylic acids is 2. The summed E-state index contributed by atoms with van der Waals surface area (Å²) in [7, 11) is -10.9. The zero-order valence-corrected chi connectivity index (χ0v) is 45.4. The van der Waals surface area contributed by atoms with Crippen molar-refractivity contribution in [3.05, 3.63) is 132 Å². The largest absolute Gasteiger partial charge is 0.481 e. The van der Waals surface area contributed by atoms with E-state index in [0.29, 0.717) is 25.7 Å². The van der Waals surface area contributed by atoms with Gasteiger partial charge in [0.05, 0.1) is 19.3 Å². The van der Waals surface area contributed by atoms with Crippen LogP contribution in [0.5, 0.6) is 0 Å². The Kier molecular flexibility index (Phi) is 36.0. The molecule has 2 unspecified atom stereocenters. The topological polar surface area (TPSA) is 286 Å². The van der Waals surface area contributed by atoms with E-state index in [9.17, 15) is 48.6 Å². The highest BCUT2D eigenvalue weighted by atomic mass is 31.3. The molecule has 0 aromatic carbocycles. The Morgan fingerprint density at radius 2 is 1.24 bits per heavy atom. The van der Waals surface area contributed by atoms with Crippen molar-refractivity contribution < 1.29 is 71.4 Å². The molecule has 2 heterocycles. The summed E-state index contributed by atoms with van der Waals surface area (Å²) in [5, 5.41) is 30.8. The van der Waals surface area contributed by atoms with Crippen molar-refractivity contribution in [3.8, 4) is 0 Å². The Hall–Kier alpha value is -4.62. The van der Waals surface area contributed by atoms with Crippen LogP contribution in [0.4, 0.5) is 5.82 Å². The zero-order valence-electron chi connectivity index (χ0n) is 43.7. The van der Waals surface area contributed by atoms with Gasteiger partial charge in [-0.2, -0.15) is 9.29 Å². The molecule has 1 aromatic heterocycles. The Morgan fingerprint density at radius 3 is 1.81 bits per heavy atom. The van der Waals surface area contributed by atoms with Gasteiger partial charge in [-0.15, -0.1) is 0 Å². The van der Waals surface area contributed by atoms with E-state index in [0.717, 1.165) is 94.2 Å². The van der Waals surface area contributed by atoms with E-state index in [4.69, 9.17) is 29.0 Å². The van der Waals surface area contributed by atoms with Gasteiger partial charge < -0.3 is 45.1 Å². The summed E-state index contributed by atoms with van der Waals surface area (Å²) < 4.78 is 56.7. The summed E-state index contributed by atoms with van der Waals surface area (Å²) in [6.45, 7) is 1.78.